The molecule has 2 atom stereocenters. The van der Waals surface area contributed by atoms with Crippen LogP contribution in [0.2, 0.25) is 0 Å². The fraction of sp³-hybridized carbons (Fsp3) is 1.00. The number of likely N-dealkylation sites (N-methyl/N-ethyl adjacent to an activating group) is 1. The minimum atomic E-state index is -0.192. The Labute approximate surface area is 68.4 Å². The van der Waals surface area contributed by atoms with E-state index in [2.05, 4.69) is 24.1 Å². The quantitative estimate of drug-likeness (QED) is 0.577. The van der Waals surface area contributed by atoms with Crippen molar-refractivity contribution in [2.75, 3.05) is 20.1 Å². The summed E-state index contributed by atoms with van der Waals surface area (Å²) < 4.78 is 0. The molecule has 1 heterocycles. The van der Waals surface area contributed by atoms with Crippen molar-refractivity contribution in [2.24, 2.45) is 0 Å². The molecule has 1 rings (SSSR count). The van der Waals surface area contributed by atoms with Crippen molar-refractivity contribution in [2.45, 2.75) is 32.0 Å². The van der Waals surface area contributed by atoms with E-state index in [-0.39, 0.29) is 12.1 Å². The monoisotopic (exact) mass is 158 g/mol. The van der Waals surface area contributed by atoms with Gasteiger partial charge >= 0.3 is 0 Å². The minimum Gasteiger partial charge on any atom is -0.390 e. The van der Waals surface area contributed by atoms with Crippen molar-refractivity contribution >= 4 is 0 Å². The summed E-state index contributed by atoms with van der Waals surface area (Å²) in [5.41, 5.74) is 0. The summed E-state index contributed by atoms with van der Waals surface area (Å²) in [5, 5.41) is 12.6. The molecule has 2 N–H and O–H groups in total. The molecule has 0 aromatic carbocycles. The molecule has 1 saturated heterocycles. The molecule has 11 heavy (non-hydrogen) atoms. The van der Waals surface area contributed by atoms with Gasteiger partial charge in [0.15, 0.2) is 0 Å². The third-order valence-corrected chi connectivity index (χ3v) is 2.42. The van der Waals surface area contributed by atoms with Gasteiger partial charge in [-0.05, 0) is 20.9 Å². The van der Waals surface area contributed by atoms with Crippen LogP contribution in [0.3, 0.4) is 0 Å². The summed E-state index contributed by atoms with van der Waals surface area (Å²) in [6.07, 6.45) is -0.192. The molecule has 66 valence electrons. The Morgan fingerprint density at radius 1 is 1.45 bits per heavy atom. The van der Waals surface area contributed by atoms with Gasteiger partial charge in [0.1, 0.15) is 0 Å². The van der Waals surface area contributed by atoms with E-state index in [0.29, 0.717) is 6.04 Å². The molecule has 0 bridgehead atoms. The van der Waals surface area contributed by atoms with Gasteiger partial charge in [-0.3, -0.25) is 4.90 Å². The zero-order valence-corrected chi connectivity index (χ0v) is 7.54. The van der Waals surface area contributed by atoms with Gasteiger partial charge in [-0.25, -0.2) is 0 Å². The van der Waals surface area contributed by atoms with E-state index in [1.54, 1.807) is 0 Å². The van der Waals surface area contributed by atoms with Gasteiger partial charge in [0.2, 0.25) is 0 Å². The fourth-order valence-electron chi connectivity index (χ4n) is 1.52. The van der Waals surface area contributed by atoms with Gasteiger partial charge in [0, 0.05) is 25.2 Å². The topological polar surface area (TPSA) is 35.5 Å². The molecule has 0 unspecified atom stereocenters. The Bertz CT molecular complexity index is 127. The van der Waals surface area contributed by atoms with E-state index >= 15 is 0 Å². The molecular weight excluding hydrogens is 140 g/mol. The second kappa shape index (κ2) is 3.52. The molecule has 1 aliphatic rings. The molecule has 0 spiro atoms. The summed E-state index contributed by atoms with van der Waals surface area (Å²) in [5.74, 6) is 0. The first kappa shape index (κ1) is 8.97. The molecule has 0 saturated carbocycles. The van der Waals surface area contributed by atoms with E-state index in [1.807, 2.05) is 7.05 Å². The van der Waals surface area contributed by atoms with Crippen LogP contribution in [0, 0.1) is 0 Å². The highest BCUT2D eigenvalue weighted by Crippen LogP contribution is 2.12. The zero-order valence-electron chi connectivity index (χ0n) is 7.54. The summed E-state index contributed by atoms with van der Waals surface area (Å²) in [6, 6.07) is 0.806. The normalized spacial score (nSPS) is 33.5. The standard InChI is InChI=1S/C8H18N2O/c1-6(2)10-4-7(9-3)8(11)5-10/h6-9,11H,4-5H2,1-3H3/t7-,8-/m1/s1. The largest absolute Gasteiger partial charge is 0.390 e. The number of β-amino-alcohol motifs (C(OH)–C–C–N with tert-alkyl or cyclic N) is 1. The number of aliphatic hydroxyl groups excluding tert-OH is 1. The molecule has 0 aliphatic carbocycles. The minimum absolute atomic E-state index is 0.192. The third-order valence-electron chi connectivity index (χ3n) is 2.42. The summed E-state index contributed by atoms with van der Waals surface area (Å²) in [6.45, 7) is 6.09. The van der Waals surface area contributed by atoms with Crippen LogP contribution >= 0.6 is 0 Å². The molecular formula is C8H18N2O. The Kier molecular flexibility index (Phi) is 2.87. The first-order chi connectivity index (χ1) is 5.15. The first-order valence-electron chi connectivity index (χ1n) is 4.24. The fourth-order valence-corrected chi connectivity index (χ4v) is 1.52. The maximum Gasteiger partial charge on any atom is 0.0832 e. The predicted octanol–water partition coefficient (Wildman–Crippen LogP) is -0.341. The van der Waals surface area contributed by atoms with Gasteiger partial charge in [-0.1, -0.05) is 0 Å². The Hall–Kier alpha value is -0.120. The van der Waals surface area contributed by atoms with Crippen LogP contribution < -0.4 is 5.32 Å². The van der Waals surface area contributed by atoms with Crippen molar-refractivity contribution < 1.29 is 5.11 Å². The Balaban J connectivity index is 2.43. The lowest BCUT2D eigenvalue weighted by Crippen LogP contribution is -2.36. The molecule has 1 fully saturated rings. The first-order valence-corrected chi connectivity index (χ1v) is 4.24. The van der Waals surface area contributed by atoms with Crippen molar-refractivity contribution in [3.63, 3.8) is 0 Å². The van der Waals surface area contributed by atoms with E-state index < -0.39 is 0 Å². The van der Waals surface area contributed by atoms with Gasteiger partial charge < -0.3 is 10.4 Å². The lowest BCUT2D eigenvalue weighted by Gasteiger charge is -2.19. The lowest BCUT2D eigenvalue weighted by atomic mass is 10.2. The average molecular weight is 158 g/mol. The molecule has 1 aliphatic heterocycles. The van der Waals surface area contributed by atoms with Gasteiger partial charge in [-0.15, -0.1) is 0 Å². The number of aliphatic hydroxyl groups is 1. The van der Waals surface area contributed by atoms with E-state index in [9.17, 15) is 5.11 Å². The predicted molar refractivity (Wildman–Crippen MR) is 45.6 cm³/mol. The van der Waals surface area contributed by atoms with Crippen molar-refractivity contribution in [1.29, 1.82) is 0 Å². The maximum atomic E-state index is 9.50. The van der Waals surface area contributed by atoms with Crippen LogP contribution in [0.4, 0.5) is 0 Å². The van der Waals surface area contributed by atoms with Crippen molar-refractivity contribution in [3.8, 4) is 0 Å². The summed E-state index contributed by atoms with van der Waals surface area (Å²) in [4.78, 5) is 2.28. The number of hydrogen-bond donors (Lipinski definition) is 2. The van der Waals surface area contributed by atoms with Crippen LogP contribution in [0.25, 0.3) is 0 Å². The molecule has 0 radical (unpaired) electrons. The van der Waals surface area contributed by atoms with E-state index in [4.69, 9.17) is 0 Å². The second-order valence-electron chi connectivity index (χ2n) is 3.51. The maximum absolute atomic E-state index is 9.50. The molecule has 3 heteroatoms. The lowest BCUT2D eigenvalue weighted by molar-refractivity contribution is 0.151. The SMILES string of the molecule is CN[C@@H]1CN(C(C)C)C[C@H]1O. The van der Waals surface area contributed by atoms with Gasteiger partial charge in [0.05, 0.1) is 6.10 Å². The van der Waals surface area contributed by atoms with Crippen molar-refractivity contribution in [1.82, 2.24) is 10.2 Å². The highest BCUT2D eigenvalue weighted by atomic mass is 16.3. The van der Waals surface area contributed by atoms with Gasteiger partial charge in [-0.2, -0.15) is 0 Å². The van der Waals surface area contributed by atoms with Crippen LogP contribution in [0.1, 0.15) is 13.8 Å². The molecule has 0 amide bonds. The van der Waals surface area contributed by atoms with Crippen LogP contribution in [0.15, 0.2) is 0 Å². The Morgan fingerprint density at radius 3 is 2.36 bits per heavy atom. The van der Waals surface area contributed by atoms with Crippen LogP contribution in [0.5, 0.6) is 0 Å². The smallest absolute Gasteiger partial charge is 0.0832 e. The van der Waals surface area contributed by atoms with Crippen LogP contribution in [-0.4, -0.2) is 48.3 Å². The number of rotatable bonds is 2. The number of nitrogens with one attached hydrogen (secondary N) is 1. The van der Waals surface area contributed by atoms with E-state index in [1.165, 1.54) is 0 Å². The summed E-state index contributed by atoms with van der Waals surface area (Å²) >= 11 is 0. The van der Waals surface area contributed by atoms with Gasteiger partial charge in [0.25, 0.3) is 0 Å². The average Bonchev–Trinajstić information content (AvgIpc) is 2.31. The van der Waals surface area contributed by atoms with Crippen molar-refractivity contribution in [3.05, 3.63) is 0 Å². The zero-order chi connectivity index (χ0) is 8.43. The van der Waals surface area contributed by atoms with E-state index in [0.717, 1.165) is 13.1 Å². The summed E-state index contributed by atoms with van der Waals surface area (Å²) in [7, 11) is 1.90. The third kappa shape index (κ3) is 1.92. The molecule has 0 aromatic rings. The molecule has 3 nitrogen and oxygen atoms in total. The highest BCUT2D eigenvalue weighted by molar-refractivity contribution is 4.89. The molecule has 0 aromatic heterocycles. The Morgan fingerprint density at radius 2 is 2.09 bits per heavy atom. The number of nitrogens with zero attached hydrogens (tertiary/aromatic N) is 1. The second-order valence-corrected chi connectivity index (χ2v) is 3.51. The number of likely N-dealkylation sites (tertiary alicyclic amines) is 1. The number of hydrogen-bond acceptors (Lipinski definition) is 3. The van der Waals surface area contributed by atoms with Crippen LogP contribution in [-0.2, 0) is 0 Å². The highest BCUT2D eigenvalue weighted by Gasteiger charge is 2.30.